The Morgan fingerprint density at radius 1 is 1.14 bits per heavy atom. The van der Waals surface area contributed by atoms with Crippen LogP contribution in [0.1, 0.15) is 12.3 Å². The van der Waals surface area contributed by atoms with Crippen molar-refractivity contribution >= 4 is 11.6 Å². The molecule has 8 heteroatoms. The maximum Gasteiger partial charge on any atom is 0.225 e. The molecule has 0 saturated carbocycles. The predicted octanol–water partition coefficient (Wildman–Crippen LogP) is 4.21. The lowest BCUT2D eigenvalue weighted by atomic mass is 10.1. The van der Waals surface area contributed by atoms with Gasteiger partial charge in [0.1, 0.15) is 28.8 Å². The Morgan fingerprint density at radius 2 is 1.89 bits per heavy atom. The van der Waals surface area contributed by atoms with Crippen molar-refractivity contribution in [2.45, 2.75) is 12.8 Å². The maximum atomic E-state index is 13.6. The van der Waals surface area contributed by atoms with E-state index in [1.807, 2.05) is 0 Å². The Labute approximate surface area is 160 Å². The fourth-order valence-corrected chi connectivity index (χ4v) is 2.59. The van der Waals surface area contributed by atoms with Gasteiger partial charge in [-0.15, -0.1) is 0 Å². The summed E-state index contributed by atoms with van der Waals surface area (Å²) in [7, 11) is 3.08. The summed E-state index contributed by atoms with van der Waals surface area (Å²) in [5.74, 6) is -0.248. The van der Waals surface area contributed by atoms with Crippen molar-refractivity contribution in [2.75, 3.05) is 19.5 Å². The molecule has 0 atom stereocenters. The SMILES string of the molecule is COc1ccc(-c2cnc(CCC(=O)Nc3c(F)cccc3F)o2)c(OC)c1. The number of aromatic nitrogens is 1. The number of nitrogens with one attached hydrogen (secondary N) is 1. The number of halogens is 2. The second kappa shape index (κ2) is 8.51. The molecule has 0 saturated heterocycles. The van der Waals surface area contributed by atoms with Gasteiger partial charge in [-0.25, -0.2) is 13.8 Å². The molecule has 0 aliphatic carbocycles. The van der Waals surface area contributed by atoms with Crippen molar-refractivity contribution in [3.05, 3.63) is 60.1 Å². The average Bonchev–Trinajstić information content (AvgIpc) is 3.17. The van der Waals surface area contributed by atoms with Crippen LogP contribution in [0.2, 0.25) is 0 Å². The molecule has 0 spiro atoms. The van der Waals surface area contributed by atoms with E-state index in [0.29, 0.717) is 28.7 Å². The molecule has 2 aromatic carbocycles. The topological polar surface area (TPSA) is 73.6 Å². The molecule has 0 aliphatic rings. The van der Waals surface area contributed by atoms with Gasteiger partial charge in [0.05, 0.1) is 26.0 Å². The Hall–Kier alpha value is -3.42. The molecular weight excluding hydrogens is 370 g/mol. The summed E-state index contributed by atoms with van der Waals surface area (Å²) in [6.45, 7) is 0. The van der Waals surface area contributed by atoms with Gasteiger partial charge in [0, 0.05) is 18.9 Å². The third-order valence-electron chi connectivity index (χ3n) is 4.02. The first-order valence-corrected chi connectivity index (χ1v) is 8.42. The second-order valence-corrected chi connectivity index (χ2v) is 5.83. The fraction of sp³-hybridized carbons (Fsp3) is 0.200. The third-order valence-corrected chi connectivity index (χ3v) is 4.02. The summed E-state index contributed by atoms with van der Waals surface area (Å²) >= 11 is 0. The number of benzene rings is 2. The number of carbonyl (C=O) groups excluding carboxylic acids is 1. The maximum absolute atomic E-state index is 13.6. The average molecular weight is 388 g/mol. The van der Waals surface area contributed by atoms with Crippen molar-refractivity contribution in [1.29, 1.82) is 0 Å². The molecule has 1 N–H and O–H groups in total. The van der Waals surface area contributed by atoms with Crippen LogP contribution < -0.4 is 14.8 Å². The van der Waals surface area contributed by atoms with Gasteiger partial charge >= 0.3 is 0 Å². The van der Waals surface area contributed by atoms with Crippen molar-refractivity contribution in [1.82, 2.24) is 4.98 Å². The van der Waals surface area contributed by atoms with E-state index < -0.39 is 23.2 Å². The molecule has 1 aromatic heterocycles. The highest BCUT2D eigenvalue weighted by Gasteiger charge is 2.15. The number of para-hydroxylation sites is 1. The van der Waals surface area contributed by atoms with Crippen LogP contribution in [0.3, 0.4) is 0 Å². The largest absolute Gasteiger partial charge is 0.497 e. The monoisotopic (exact) mass is 388 g/mol. The first kappa shape index (κ1) is 19.3. The van der Waals surface area contributed by atoms with Crippen LogP contribution in [0.25, 0.3) is 11.3 Å². The zero-order chi connectivity index (χ0) is 20.1. The van der Waals surface area contributed by atoms with E-state index in [4.69, 9.17) is 13.9 Å². The number of aryl methyl sites for hydroxylation is 1. The van der Waals surface area contributed by atoms with E-state index in [9.17, 15) is 13.6 Å². The van der Waals surface area contributed by atoms with Gasteiger partial charge in [-0.2, -0.15) is 0 Å². The minimum atomic E-state index is -0.835. The minimum Gasteiger partial charge on any atom is -0.497 e. The fourth-order valence-electron chi connectivity index (χ4n) is 2.59. The highest BCUT2D eigenvalue weighted by Crippen LogP contribution is 2.33. The van der Waals surface area contributed by atoms with Gasteiger partial charge in [0.25, 0.3) is 0 Å². The van der Waals surface area contributed by atoms with Crippen molar-refractivity contribution in [3.8, 4) is 22.8 Å². The summed E-state index contributed by atoms with van der Waals surface area (Å²) in [5.41, 5.74) is 0.212. The smallest absolute Gasteiger partial charge is 0.225 e. The number of carbonyl (C=O) groups is 1. The third kappa shape index (κ3) is 4.28. The molecule has 1 heterocycles. The van der Waals surface area contributed by atoms with Crippen LogP contribution in [0, 0.1) is 11.6 Å². The van der Waals surface area contributed by atoms with Gasteiger partial charge in [-0.1, -0.05) is 6.07 Å². The van der Waals surface area contributed by atoms with Crippen LogP contribution >= 0.6 is 0 Å². The minimum absolute atomic E-state index is 0.0481. The number of hydrogen-bond donors (Lipinski definition) is 1. The number of nitrogens with zero attached hydrogens (tertiary/aromatic N) is 1. The molecular formula is C20H18F2N2O4. The Balaban J connectivity index is 1.66. The standard InChI is InChI=1S/C20H18F2N2O4/c1-26-12-6-7-13(16(10-12)27-2)17-11-23-19(28-17)9-8-18(25)24-20-14(21)4-3-5-15(20)22/h3-7,10-11H,8-9H2,1-2H3,(H,24,25). The zero-order valence-electron chi connectivity index (χ0n) is 15.3. The predicted molar refractivity (Wildman–Crippen MR) is 98.4 cm³/mol. The summed E-state index contributed by atoms with van der Waals surface area (Å²) in [5, 5.41) is 2.23. The number of ether oxygens (including phenoxy) is 2. The van der Waals surface area contributed by atoms with E-state index in [-0.39, 0.29) is 12.8 Å². The molecule has 28 heavy (non-hydrogen) atoms. The molecule has 0 fully saturated rings. The lowest BCUT2D eigenvalue weighted by molar-refractivity contribution is -0.116. The first-order chi connectivity index (χ1) is 13.5. The highest BCUT2D eigenvalue weighted by atomic mass is 19.1. The number of oxazole rings is 1. The normalized spacial score (nSPS) is 10.6. The van der Waals surface area contributed by atoms with E-state index in [2.05, 4.69) is 10.3 Å². The van der Waals surface area contributed by atoms with Gasteiger partial charge in [0.15, 0.2) is 11.7 Å². The number of hydrogen-bond acceptors (Lipinski definition) is 5. The van der Waals surface area contributed by atoms with E-state index >= 15 is 0 Å². The number of amides is 1. The molecule has 0 aliphatic heterocycles. The molecule has 3 rings (SSSR count). The molecule has 0 radical (unpaired) electrons. The number of methoxy groups -OCH3 is 2. The lowest BCUT2D eigenvalue weighted by Gasteiger charge is -2.08. The van der Waals surface area contributed by atoms with E-state index in [1.165, 1.54) is 19.4 Å². The van der Waals surface area contributed by atoms with Crippen LogP contribution in [-0.4, -0.2) is 25.1 Å². The van der Waals surface area contributed by atoms with Crippen LogP contribution in [-0.2, 0) is 11.2 Å². The Kier molecular flexibility index (Phi) is 5.88. The quantitative estimate of drug-likeness (QED) is 0.656. The zero-order valence-corrected chi connectivity index (χ0v) is 15.3. The molecule has 0 bridgehead atoms. The summed E-state index contributed by atoms with van der Waals surface area (Å²) in [6.07, 6.45) is 1.64. The van der Waals surface area contributed by atoms with Gasteiger partial charge in [-0.05, 0) is 24.3 Å². The molecule has 0 unspecified atom stereocenters. The van der Waals surface area contributed by atoms with Gasteiger partial charge in [-0.3, -0.25) is 4.79 Å². The molecule has 3 aromatic rings. The second-order valence-electron chi connectivity index (χ2n) is 5.83. The van der Waals surface area contributed by atoms with Crippen molar-refractivity contribution < 1.29 is 27.5 Å². The van der Waals surface area contributed by atoms with Crippen molar-refractivity contribution in [2.24, 2.45) is 0 Å². The lowest BCUT2D eigenvalue weighted by Crippen LogP contribution is -2.14. The van der Waals surface area contributed by atoms with E-state index in [0.717, 1.165) is 12.1 Å². The van der Waals surface area contributed by atoms with Crippen molar-refractivity contribution in [3.63, 3.8) is 0 Å². The molecule has 6 nitrogen and oxygen atoms in total. The first-order valence-electron chi connectivity index (χ1n) is 8.42. The van der Waals surface area contributed by atoms with Crippen LogP contribution in [0.4, 0.5) is 14.5 Å². The van der Waals surface area contributed by atoms with E-state index in [1.54, 1.807) is 25.3 Å². The Bertz CT molecular complexity index is 968. The van der Waals surface area contributed by atoms with Crippen LogP contribution in [0.15, 0.2) is 47.0 Å². The molecule has 146 valence electrons. The van der Waals surface area contributed by atoms with Gasteiger partial charge in [0.2, 0.25) is 5.91 Å². The Morgan fingerprint density at radius 3 is 2.57 bits per heavy atom. The number of anilines is 1. The highest BCUT2D eigenvalue weighted by molar-refractivity contribution is 5.91. The van der Waals surface area contributed by atoms with Gasteiger partial charge < -0.3 is 19.2 Å². The summed E-state index contributed by atoms with van der Waals surface area (Å²) < 4.78 is 43.3. The summed E-state index contributed by atoms with van der Waals surface area (Å²) in [4.78, 5) is 16.1. The molecule has 1 amide bonds. The number of rotatable bonds is 7. The van der Waals surface area contributed by atoms with Crippen LogP contribution in [0.5, 0.6) is 11.5 Å². The summed E-state index contributed by atoms with van der Waals surface area (Å²) in [6, 6.07) is 8.62.